The lowest BCUT2D eigenvalue weighted by molar-refractivity contribution is 0.0535. The van der Waals surface area contributed by atoms with Crippen molar-refractivity contribution < 1.29 is 9.53 Å². The zero-order valence-electron chi connectivity index (χ0n) is 12.3. The van der Waals surface area contributed by atoms with Gasteiger partial charge in [-0.05, 0) is 31.9 Å². The smallest absolute Gasteiger partial charge is 0.272 e. The SMILES string of the molecule is CCN(CC1CCCO1)C(=O)c1ccc(C#CCN)cn1. The maximum absolute atomic E-state index is 12.4. The molecule has 1 atom stereocenters. The lowest BCUT2D eigenvalue weighted by atomic mass is 10.2. The molecule has 0 aliphatic carbocycles. The molecule has 2 heterocycles. The Morgan fingerprint density at radius 3 is 3.00 bits per heavy atom. The number of hydrogen-bond acceptors (Lipinski definition) is 4. The number of pyridine rings is 1. The molecule has 2 rings (SSSR count). The van der Waals surface area contributed by atoms with E-state index in [1.54, 1.807) is 23.2 Å². The van der Waals surface area contributed by atoms with Gasteiger partial charge in [0.25, 0.3) is 5.91 Å². The van der Waals surface area contributed by atoms with E-state index >= 15 is 0 Å². The summed E-state index contributed by atoms with van der Waals surface area (Å²) in [5.74, 6) is 5.59. The molecule has 0 saturated carbocycles. The average molecular weight is 287 g/mol. The largest absolute Gasteiger partial charge is 0.376 e. The molecule has 5 heteroatoms. The van der Waals surface area contributed by atoms with E-state index in [1.165, 1.54) is 0 Å². The van der Waals surface area contributed by atoms with E-state index in [-0.39, 0.29) is 12.0 Å². The number of rotatable bonds is 4. The lowest BCUT2D eigenvalue weighted by Crippen LogP contribution is -2.37. The first-order valence-electron chi connectivity index (χ1n) is 7.30. The molecular weight excluding hydrogens is 266 g/mol. The van der Waals surface area contributed by atoms with Gasteiger partial charge >= 0.3 is 0 Å². The number of hydrogen-bond donors (Lipinski definition) is 1. The van der Waals surface area contributed by atoms with Gasteiger partial charge < -0.3 is 15.4 Å². The molecule has 5 nitrogen and oxygen atoms in total. The summed E-state index contributed by atoms with van der Waals surface area (Å²) in [5, 5.41) is 0. The lowest BCUT2D eigenvalue weighted by Gasteiger charge is -2.23. The van der Waals surface area contributed by atoms with Crippen LogP contribution in [0.15, 0.2) is 18.3 Å². The molecule has 0 spiro atoms. The number of nitrogens with zero attached hydrogens (tertiary/aromatic N) is 2. The van der Waals surface area contributed by atoms with Crippen LogP contribution < -0.4 is 5.73 Å². The Labute approximate surface area is 125 Å². The van der Waals surface area contributed by atoms with Gasteiger partial charge in [-0.15, -0.1) is 0 Å². The third kappa shape index (κ3) is 4.28. The Kier molecular flexibility index (Phi) is 5.73. The van der Waals surface area contributed by atoms with Gasteiger partial charge in [-0.2, -0.15) is 0 Å². The van der Waals surface area contributed by atoms with Crippen LogP contribution >= 0.6 is 0 Å². The van der Waals surface area contributed by atoms with Gasteiger partial charge in [0.2, 0.25) is 0 Å². The molecule has 1 aromatic heterocycles. The van der Waals surface area contributed by atoms with Crippen LogP contribution in [-0.2, 0) is 4.74 Å². The standard InChI is InChI=1S/C16H21N3O2/c1-2-19(12-14-6-4-10-21-14)16(20)15-8-7-13(11-18-15)5-3-9-17/h7-8,11,14H,2,4,6,9-10,12,17H2,1H3. The predicted molar refractivity (Wildman–Crippen MR) is 80.7 cm³/mol. The monoisotopic (exact) mass is 287 g/mol. The van der Waals surface area contributed by atoms with E-state index in [9.17, 15) is 4.79 Å². The summed E-state index contributed by atoms with van der Waals surface area (Å²) in [5.41, 5.74) is 6.52. The zero-order valence-corrected chi connectivity index (χ0v) is 12.3. The molecule has 0 aromatic carbocycles. The third-order valence-electron chi connectivity index (χ3n) is 3.43. The summed E-state index contributed by atoms with van der Waals surface area (Å²) in [6, 6.07) is 3.50. The molecule has 1 aromatic rings. The fourth-order valence-electron chi connectivity index (χ4n) is 2.30. The fourth-order valence-corrected chi connectivity index (χ4v) is 2.30. The second kappa shape index (κ2) is 7.77. The Morgan fingerprint density at radius 1 is 1.57 bits per heavy atom. The number of carbonyl (C=O) groups excluding carboxylic acids is 1. The third-order valence-corrected chi connectivity index (χ3v) is 3.43. The molecule has 112 valence electrons. The number of likely N-dealkylation sites (N-methyl/N-ethyl adjacent to an activating group) is 1. The van der Waals surface area contributed by atoms with Crippen LogP contribution in [0.3, 0.4) is 0 Å². The molecule has 1 aliphatic rings. The molecular formula is C16H21N3O2. The molecule has 2 N–H and O–H groups in total. The molecule has 1 amide bonds. The van der Waals surface area contributed by atoms with E-state index in [0.29, 0.717) is 25.3 Å². The highest BCUT2D eigenvalue weighted by Gasteiger charge is 2.22. The van der Waals surface area contributed by atoms with Crippen molar-refractivity contribution in [2.24, 2.45) is 5.73 Å². The summed E-state index contributed by atoms with van der Waals surface area (Å²) in [7, 11) is 0. The summed E-state index contributed by atoms with van der Waals surface area (Å²) in [4.78, 5) is 18.4. The Balaban J connectivity index is 2.02. The van der Waals surface area contributed by atoms with Gasteiger partial charge in [0, 0.05) is 31.5 Å². The van der Waals surface area contributed by atoms with Crippen molar-refractivity contribution >= 4 is 5.91 Å². The summed E-state index contributed by atoms with van der Waals surface area (Å²) in [6.45, 7) is 4.35. The first-order chi connectivity index (χ1) is 10.2. The van der Waals surface area contributed by atoms with Gasteiger partial charge in [-0.25, -0.2) is 4.98 Å². The van der Waals surface area contributed by atoms with Crippen LogP contribution in [0.4, 0.5) is 0 Å². The number of aromatic nitrogens is 1. The first-order valence-corrected chi connectivity index (χ1v) is 7.30. The van der Waals surface area contributed by atoms with Crippen molar-refractivity contribution in [3.8, 4) is 11.8 Å². The Hall–Kier alpha value is -1.90. The summed E-state index contributed by atoms with van der Waals surface area (Å²) >= 11 is 0. The minimum Gasteiger partial charge on any atom is -0.376 e. The van der Waals surface area contributed by atoms with Crippen LogP contribution in [0.25, 0.3) is 0 Å². The quantitative estimate of drug-likeness (QED) is 0.840. The maximum Gasteiger partial charge on any atom is 0.272 e. The van der Waals surface area contributed by atoms with Crippen molar-refractivity contribution in [3.63, 3.8) is 0 Å². The number of carbonyl (C=O) groups is 1. The normalized spacial score (nSPS) is 17.1. The van der Waals surface area contributed by atoms with Crippen molar-refractivity contribution in [3.05, 3.63) is 29.6 Å². The molecule has 0 radical (unpaired) electrons. The predicted octanol–water partition coefficient (Wildman–Crippen LogP) is 1.03. The van der Waals surface area contributed by atoms with E-state index in [4.69, 9.17) is 10.5 Å². The second-order valence-electron chi connectivity index (χ2n) is 4.92. The van der Waals surface area contributed by atoms with Crippen molar-refractivity contribution in [1.29, 1.82) is 0 Å². The van der Waals surface area contributed by atoms with Crippen molar-refractivity contribution in [2.75, 3.05) is 26.2 Å². The van der Waals surface area contributed by atoms with Crippen molar-refractivity contribution in [1.82, 2.24) is 9.88 Å². The molecule has 1 aliphatic heterocycles. The fraction of sp³-hybridized carbons (Fsp3) is 0.500. The average Bonchev–Trinajstić information content (AvgIpc) is 3.03. The molecule has 0 bridgehead atoms. The number of ether oxygens (including phenoxy) is 1. The summed E-state index contributed by atoms with van der Waals surface area (Å²) < 4.78 is 5.59. The number of amides is 1. The minimum atomic E-state index is -0.0636. The zero-order chi connectivity index (χ0) is 15.1. The van der Waals surface area contributed by atoms with E-state index in [2.05, 4.69) is 16.8 Å². The van der Waals surface area contributed by atoms with Crippen LogP contribution in [-0.4, -0.2) is 48.1 Å². The van der Waals surface area contributed by atoms with Gasteiger partial charge in [0.05, 0.1) is 12.6 Å². The molecule has 1 unspecified atom stereocenters. The second-order valence-corrected chi connectivity index (χ2v) is 4.92. The highest BCUT2D eigenvalue weighted by Crippen LogP contribution is 2.14. The van der Waals surface area contributed by atoms with E-state index in [1.807, 2.05) is 6.92 Å². The van der Waals surface area contributed by atoms with Gasteiger partial charge in [0.1, 0.15) is 5.69 Å². The van der Waals surface area contributed by atoms with E-state index < -0.39 is 0 Å². The molecule has 1 fully saturated rings. The first kappa shape index (κ1) is 15.5. The summed E-state index contributed by atoms with van der Waals surface area (Å²) in [6.07, 6.45) is 3.85. The van der Waals surface area contributed by atoms with Gasteiger partial charge in [0.15, 0.2) is 0 Å². The highest BCUT2D eigenvalue weighted by atomic mass is 16.5. The highest BCUT2D eigenvalue weighted by molar-refractivity contribution is 5.92. The van der Waals surface area contributed by atoms with Crippen molar-refractivity contribution in [2.45, 2.75) is 25.9 Å². The topological polar surface area (TPSA) is 68.5 Å². The number of nitrogens with two attached hydrogens (primary N) is 1. The minimum absolute atomic E-state index is 0.0636. The van der Waals surface area contributed by atoms with Crippen LogP contribution in [0.5, 0.6) is 0 Å². The maximum atomic E-state index is 12.4. The van der Waals surface area contributed by atoms with Crippen LogP contribution in [0.2, 0.25) is 0 Å². The molecule has 21 heavy (non-hydrogen) atoms. The van der Waals surface area contributed by atoms with Gasteiger partial charge in [-0.3, -0.25) is 4.79 Å². The van der Waals surface area contributed by atoms with Crippen LogP contribution in [0, 0.1) is 11.8 Å². The van der Waals surface area contributed by atoms with Crippen LogP contribution in [0.1, 0.15) is 35.8 Å². The van der Waals surface area contributed by atoms with Gasteiger partial charge in [-0.1, -0.05) is 11.8 Å². The Morgan fingerprint density at radius 2 is 2.43 bits per heavy atom. The van der Waals surface area contributed by atoms with E-state index in [0.717, 1.165) is 25.0 Å². The molecule has 1 saturated heterocycles. The Bertz CT molecular complexity index is 525.